The van der Waals surface area contributed by atoms with E-state index in [9.17, 15) is 0 Å². The molecule has 0 bridgehead atoms. The number of hydrogen-bond donors (Lipinski definition) is 2. The van der Waals surface area contributed by atoms with Crippen molar-refractivity contribution in [2.24, 2.45) is 10.9 Å². The largest absolute Gasteiger partial charge is 0.381 e. The average molecular weight is 465 g/mol. The first-order chi connectivity index (χ1) is 11.9. The Balaban J connectivity index is 0.00000312. The third-order valence-electron chi connectivity index (χ3n) is 3.85. The Morgan fingerprint density at radius 2 is 2.32 bits per heavy atom. The molecule has 0 aromatic carbocycles. The first-order valence-corrected chi connectivity index (χ1v) is 9.03. The van der Waals surface area contributed by atoms with Gasteiger partial charge >= 0.3 is 0 Å². The topological polar surface area (TPSA) is 72.7 Å². The molecule has 1 aliphatic rings. The molecule has 1 aliphatic heterocycles. The van der Waals surface area contributed by atoms with Gasteiger partial charge in [-0.2, -0.15) is 5.10 Å². The quantitative estimate of drug-likeness (QED) is 0.226. The van der Waals surface area contributed by atoms with Gasteiger partial charge in [-0.25, -0.2) is 0 Å². The van der Waals surface area contributed by atoms with E-state index in [-0.39, 0.29) is 24.0 Å². The van der Waals surface area contributed by atoms with Crippen molar-refractivity contribution < 1.29 is 9.47 Å². The molecule has 0 spiro atoms. The smallest absolute Gasteiger partial charge is 0.191 e. The van der Waals surface area contributed by atoms with Crippen molar-refractivity contribution in [2.45, 2.75) is 32.7 Å². The second kappa shape index (κ2) is 14.3. The zero-order valence-electron chi connectivity index (χ0n) is 15.2. The number of ether oxygens (including phenoxy) is 2. The number of halogens is 1. The second-order valence-corrected chi connectivity index (χ2v) is 5.97. The highest BCUT2D eigenvalue weighted by molar-refractivity contribution is 14.0. The van der Waals surface area contributed by atoms with E-state index in [0.29, 0.717) is 5.92 Å². The highest BCUT2D eigenvalue weighted by Crippen LogP contribution is 2.12. The van der Waals surface area contributed by atoms with Crippen LogP contribution in [-0.4, -0.2) is 61.8 Å². The van der Waals surface area contributed by atoms with Crippen LogP contribution in [0, 0.1) is 5.92 Å². The molecule has 2 N–H and O–H groups in total. The van der Waals surface area contributed by atoms with Gasteiger partial charge in [-0.3, -0.25) is 9.67 Å². The fraction of sp³-hybridized carbons (Fsp3) is 0.765. The molecular formula is C17H32IN5O2. The van der Waals surface area contributed by atoms with E-state index in [2.05, 4.69) is 27.6 Å². The van der Waals surface area contributed by atoms with Crippen LogP contribution in [0.25, 0.3) is 0 Å². The Hall–Kier alpha value is -0.870. The summed E-state index contributed by atoms with van der Waals surface area (Å²) in [5.74, 6) is 1.47. The predicted molar refractivity (Wildman–Crippen MR) is 111 cm³/mol. The van der Waals surface area contributed by atoms with Crippen LogP contribution < -0.4 is 10.6 Å². The number of guanidine groups is 1. The zero-order chi connectivity index (χ0) is 16.9. The van der Waals surface area contributed by atoms with Crippen molar-refractivity contribution in [3.63, 3.8) is 0 Å². The van der Waals surface area contributed by atoms with Crippen LogP contribution in [0.1, 0.15) is 26.2 Å². The summed E-state index contributed by atoms with van der Waals surface area (Å²) < 4.78 is 13.0. The minimum absolute atomic E-state index is 0. The number of aromatic nitrogens is 2. The number of rotatable bonds is 11. The maximum absolute atomic E-state index is 5.71. The lowest BCUT2D eigenvalue weighted by Gasteiger charge is -2.12. The van der Waals surface area contributed by atoms with Crippen molar-refractivity contribution in [3.8, 4) is 0 Å². The fourth-order valence-corrected chi connectivity index (χ4v) is 2.54. The molecule has 7 nitrogen and oxygen atoms in total. The Morgan fingerprint density at radius 3 is 3.04 bits per heavy atom. The van der Waals surface area contributed by atoms with Gasteiger partial charge < -0.3 is 20.1 Å². The number of aryl methyl sites for hydroxylation is 1. The maximum Gasteiger partial charge on any atom is 0.191 e. The lowest BCUT2D eigenvalue weighted by Crippen LogP contribution is -2.38. The molecule has 2 rings (SSSR count). The van der Waals surface area contributed by atoms with Crippen LogP contribution in [0.5, 0.6) is 0 Å². The van der Waals surface area contributed by atoms with E-state index in [1.165, 1.54) is 0 Å². The van der Waals surface area contributed by atoms with Gasteiger partial charge in [0.05, 0.1) is 13.2 Å². The molecule has 144 valence electrons. The molecule has 2 heterocycles. The van der Waals surface area contributed by atoms with Gasteiger partial charge in [-0.1, -0.05) is 0 Å². The molecule has 1 fully saturated rings. The summed E-state index contributed by atoms with van der Waals surface area (Å²) in [5.41, 5.74) is 0. The molecule has 1 aromatic rings. The molecule has 1 atom stereocenters. The number of hydrogen-bond acceptors (Lipinski definition) is 4. The number of aliphatic imine (C=N–C) groups is 1. The molecule has 0 radical (unpaired) electrons. The third-order valence-corrected chi connectivity index (χ3v) is 3.85. The maximum atomic E-state index is 5.71. The Labute approximate surface area is 168 Å². The lowest BCUT2D eigenvalue weighted by molar-refractivity contribution is 0.0888. The van der Waals surface area contributed by atoms with Crippen LogP contribution in [-0.2, 0) is 16.0 Å². The van der Waals surface area contributed by atoms with Crippen molar-refractivity contribution >= 4 is 29.9 Å². The van der Waals surface area contributed by atoms with Crippen LogP contribution in [0.2, 0.25) is 0 Å². The predicted octanol–water partition coefficient (Wildman–Crippen LogP) is 1.89. The molecule has 1 saturated heterocycles. The minimum atomic E-state index is 0. The summed E-state index contributed by atoms with van der Waals surface area (Å²) >= 11 is 0. The normalized spacial score (nSPS) is 17.3. The van der Waals surface area contributed by atoms with Gasteiger partial charge in [-0.15, -0.1) is 24.0 Å². The van der Waals surface area contributed by atoms with Crippen molar-refractivity contribution in [1.29, 1.82) is 0 Å². The summed E-state index contributed by atoms with van der Waals surface area (Å²) in [4.78, 5) is 4.59. The van der Waals surface area contributed by atoms with E-state index in [0.717, 1.165) is 77.8 Å². The Morgan fingerprint density at radius 1 is 1.40 bits per heavy atom. The first-order valence-electron chi connectivity index (χ1n) is 9.03. The van der Waals surface area contributed by atoms with E-state index in [4.69, 9.17) is 9.47 Å². The minimum Gasteiger partial charge on any atom is -0.381 e. The Bertz CT molecular complexity index is 450. The van der Waals surface area contributed by atoms with Crippen LogP contribution in [0.4, 0.5) is 0 Å². The van der Waals surface area contributed by atoms with Gasteiger partial charge in [0.1, 0.15) is 0 Å². The third kappa shape index (κ3) is 10.0. The van der Waals surface area contributed by atoms with E-state index < -0.39 is 0 Å². The highest BCUT2D eigenvalue weighted by Gasteiger charge is 2.15. The van der Waals surface area contributed by atoms with E-state index >= 15 is 0 Å². The van der Waals surface area contributed by atoms with Crippen LogP contribution >= 0.6 is 24.0 Å². The van der Waals surface area contributed by atoms with Gasteiger partial charge in [0, 0.05) is 57.7 Å². The molecule has 1 aromatic heterocycles. The average Bonchev–Trinajstić information content (AvgIpc) is 3.28. The highest BCUT2D eigenvalue weighted by atomic mass is 127. The van der Waals surface area contributed by atoms with Crippen molar-refractivity contribution in [3.05, 3.63) is 18.5 Å². The molecule has 0 amide bonds. The monoisotopic (exact) mass is 465 g/mol. The Kier molecular flexibility index (Phi) is 12.7. The summed E-state index contributed by atoms with van der Waals surface area (Å²) in [7, 11) is 0. The number of nitrogens with zero attached hydrogens (tertiary/aromatic N) is 3. The van der Waals surface area contributed by atoms with Crippen molar-refractivity contribution in [1.82, 2.24) is 20.4 Å². The first kappa shape index (κ1) is 22.2. The lowest BCUT2D eigenvalue weighted by atomic mass is 10.1. The molecule has 8 heteroatoms. The standard InChI is InChI=1S/C17H31N5O2.HI/c1-2-18-17(19-7-3-10-22-11-4-9-21-22)20-8-5-12-23-14-16-6-13-24-15-16;/h4,9,11,16H,2-3,5-8,10,12-15H2,1H3,(H2,18,19,20);1H. The fourth-order valence-electron chi connectivity index (χ4n) is 2.54. The summed E-state index contributed by atoms with van der Waals surface area (Å²) in [6, 6.07) is 1.94. The summed E-state index contributed by atoms with van der Waals surface area (Å²) in [5, 5.41) is 10.8. The van der Waals surface area contributed by atoms with Gasteiger partial charge in [0.25, 0.3) is 0 Å². The summed E-state index contributed by atoms with van der Waals surface area (Å²) in [6.07, 6.45) is 6.87. The SMILES string of the molecule is CCNC(=NCCCn1cccn1)NCCCOCC1CCOC1.I. The summed E-state index contributed by atoms with van der Waals surface area (Å²) in [6.45, 7) is 8.83. The van der Waals surface area contributed by atoms with Crippen molar-refractivity contribution in [2.75, 3.05) is 46.1 Å². The number of nitrogens with one attached hydrogen (secondary N) is 2. The zero-order valence-corrected chi connectivity index (χ0v) is 17.5. The molecule has 25 heavy (non-hydrogen) atoms. The van der Waals surface area contributed by atoms with Crippen LogP contribution in [0.3, 0.4) is 0 Å². The molecule has 0 saturated carbocycles. The van der Waals surface area contributed by atoms with Crippen LogP contribution in [0.15, 0.2) is 23.5 Å². The molecule has 1 unspecified atom stereocenters. The molecular weight excluding hydrogens is 433 g/mol. The van der Waals surface area contributed by atoms with Gasteiger partial charge in [0.15, 0.2) is 5.96 Å². The van der Waals surface area contributed by atoms with Gasteiger partial charge in [-0.05, 0) is 32.3 Å². The second-order valence-electron chi connectivity index (χ2n) is 5.97. The van der Waals surface area contributed by atoms with E-state index in [1.54, 1.807) is 6.20 Å². The molecule has 0 aliphatic carbocycles. The van der Waals surface area contributed by atoms with Gasteiger partial charge in [0.2, 0.25) is 0 Å². The van der Waals surface area contributed by atoms with E-state index in [1.807, 2.05) is 16.9 Å².